The Bertz CT molecular complexity index is 1190. The number of nitrogens with zero attached hydrogens (tertiary/aromatic N) is 2. The number of piperidine rings is 1. The number of aromatic hydroxyl groups is 1. The molecule has 1 heterocycles. The summed E-state index contributed by atoms with van der Waals surface area (Å²) in [5, 5.41) is 23.9. The molecule has 7 heteroatoms. The number of likely N-dealkylation sites (tertiary alicyclic amines) is 1. The fourth-order valence-corrected chi connectivity index (χ4v) is 5.57. The van der Waals surface area contributed by atoms with E-state index >= 15 is 0 Å². The largest absolute Gasteiger partial charge is 0.507 e. The molecule has 4 rings (SSSR count). The lowest BCUT2D eigenvalue weighted by Gasteiger charge is -2.44. The number of carbonyl (C=O) groups excluding carboxylic acids is 2. The number of nitrogens with one attached hydrogen (secondary N) is 1. The highest BCUT2D eigenvalue weighted by atomic mass is 16.3. The molecule has 3 atom stereocenters. The number of hydrogen-bond acceptors (Lipinski definition) is 5. The molecule has 0 spiro atoms. The van der Waals surface area contributed by atoms with Crippen LogP contribution in [0.4, 0.5) is 0 Å². The maximum Gasteiger partial charge on any atom is 0.255 e. The molecule has 7 nitrogen and oxygen atoms in total. The minimum absolute atomic E-state index is 0.00659. The molecule has 3 aromatic rings. The van der Waals surface area contributed by atoms with Gasteiger partial charge in [0.15, 0.2) is 0 Å². The van der Waals surface area contributed by atoms with E-state index in [-0.39, 0.29) is 23.3 Å². The van der Waals surface area contributed by atoms with Crippen molar-refractivity contribution in [2.24, 2.45) is 0 Å². The van der Waals surface area contributed by atoms with Crippen molar-refractivity contribution in [3.8, 4) is 5.75 Å². The first kappa shape index (κ1) is 27.4. The van der Waals surface area contributed by atoms with E-state index in [1.165, 1.54) is 6.07 Å². The van der Waals surface area contributed by atoms with Gasteiger partial charge >= 0.3 is 0 Å². The molecule has 1 aliphatic rings. The summed E-state index contributed by atoms with van der Waals surface area (Å²) in [6.45, 7) is 3.11. The van der Waals surface area contributed by atoms with E-state index in [4.69, 9.17) is 0 Å². The van der Waals surface area contributed by atoms with Crippen molar-refractivity contribution in [3.05, 3.63) is 102 Å². The van der Waals surface area contributed by atoms with Crippen molar-refractivity contribution in [2.45, 2.75) is 43.4 Å². The van der Waals surface area contributed by atoms with E-state index in [2.05, 4.69) is 17.1 Å². The number of phenolic OH excluding ortho intramolecular Hbond substituents is 1. The smallest absolute Gasteiger partial charge is 0.255 e. The normalized spacial score (nSPS) is 18.9. The quantitative estimate of drug-likeness (QED) is 0.428. The number of amides is 2. The van der Waals surface area contributed by atoms with Crippen LogP contribution in [-0.4, -0.2) is 77.2 Å². The molecule has 1 saturated heterocycles. The number of phenols is 1. The van der Waals surface area contributed by atoms with Crippen LogP contribution in [0.15, 0.2) is 84.9 Å². The summed E-state index contributed by atoms with van der Waals surface area (Å²) in [6.07, 6.45) is 0.295. The molecule has 1 aliphatic heterocycles. The Morgan fingerprint density at radius 1 is 0.974 bits per heavy atom. The van der Waals surface area contributed by atoms with Crippen LogP contribution in [0.25, 0.3) is 0 Å². The number of benzene rings is 3. The maximum atomic E-state index is 14.0. The summed E-state index contributed by atoms with van der Waals surface area (Å²) >= 11 is 0. The van der Waals surface area contributed by atoms with Crippen molar-refractivity contribution < 1.29 is 19.8 Å². The highest BCUT2D eigenvalue weighted by molar-refractivity contribution is 5.97. The zero-order valence-corrected chi connectivity index (χ0v) is 22.2. The van der Waals surface area contributed by atoms with Gasteiger partial charge in [0, 0.05) is 33.2 Å². The number of rotatable bonds is 8. The second kappa shape index (κ2) is 11.8. The lowest BCUT2D eigenvalue weighted by atomic mass is 9.69. The van der Waals surface area contributed by atoms with Gasteiger partial charge in [-0.1, -0.05) is 72.8 Å². The Morgan fingerprint density at radius 3 is 2.05 bits per heavy atom. The zero-order valence-electron chi connectivity index (χ0n) is 22.2. The highest BCUT2D eigenvalue weighted by Gasteiger charge is 2.45. The minimum atomic E-state index is -0.897. The summed E-state index contributed by atoms with van der Waals surface area (Å²) in [6, 6.07) is 25.7. The van der Waals surface area contributed by atoms with Crippen LogP contribution < -0.4 is 5.32 Å². The first-order valence-corrected chi connectivity index (χ1v) is 13.1. The summed E-state index contributed by atoms with van der Waals surface area (Å²) in [5.74, 6) is -0.487. The van der Waals surface area contributed by atoms with Crippen molar-refractivity contribution in [3.63, 3.8) is 0 Å². The van der Waals surface area contributed by atoms with Gasteiger partial charge in [-0.25, -0.2) is 0 Å². The Labute approximate surface area is 224 Å². The standard InChI is InChI=1S/C31H37N3O4/c1-22(34-19-18-26(28(36)21-34)32-29(37)25-16-10-11-17-27(25)35)20-31(30(38)33(2)3,23-12-6-4-7-13-23)24-14-8-5-9-15-24/h4-17,22,26,28,35-36H,18-21H2,1-3H3,(H,32,37)/t22?,26-,28-/m0/s1. The van der Waals surface area contributed by atoms with Crippen molar-refractivity contribution in [2.75, 3.05) is 27.2 Å². The molecule has 3 aromatic carbocycles. The Kier molecular flexibility index (Phi) is 8.49. The molecule has 0 saturated carbocycles. The predicted octanol–water partition coefficient (Wildman–Crippen LogP) is 3.41. The summed E-state index contributed by atoms with van der Waals surface area (Å²) in [5.41, 5.74) is 1.16. The highest BCUT2D eigenvalue weighted by Crippen LogP contribution is 2.39. The average Bonchev–Trinajstić information content (AvgIpc) is 2.93. The topological polar surface area (TPSA) is 93.1 Å². The van der Waals surface area contributed by atoms with Crippen LogP contribution in [0, 0.1) is 0 Å². The summed E-state index contributed by atoms with van der Waals surface area (Å²) in [4.78, 5) is 30.5. The number of hydrogen-bond donors (Lipinski definition) is 3. The predicted molar refractivity (Wildman–Crippen MR) is 148 cm³/mol. The second-order valence-electron chi connectivity index (χ2n) is 10.3. The fraction of sp³-hybridized carbons (Fsp3) is 0.355. The van der Waals surface area contributed by atoms with Gasteiger partial charge in [0.1, 0.15) is 11.2 Å². The van der Waals surface area contributed by atoms with E-state index in [0.717, 1.165) is 11.1 Å². The molecule has 0 radical (unpaired) electrons. The minimum Gasteiger partial charge on any atom is -0.507 e. The summed E-state index contributed by atoms with van der Waals surface area (Å²) < 4.78 is 0. The maximum absolute atomic E-state index is 14.0. The van der Waals surface area contributed by atoms with E-state index in [1.54, 1.807) is 37.2 Å². The fourth-order valence-electron chi connectivity index (χ4n) is 5.57. The molecule has 38 heavy (non-hydrogen) atoms. The molecular weight excluding hydrogens is 478 g/mol. The molecule has 2 amide bonds. The van der Waals surface area contributed by atoms with Crippen molar-refractivity contribution in [1.82, 2.24) is 15.1 Å². The van der Waals surface area contributed by atoms with Gasteiger partial charge in [0.2, 0.25) is 5.91 Å². The van der Waals surface area contributed by atoms with Gasteiger partial charge in [0.25, 0.3) is 5.91 Å². The lowest BCUT2D eigenvalue weighted by Crippen LogP contribution is -2.57. The van der Waals surface area contributed by atoms with Gasteiger partial charge < -0.3 is 20.4 Å². The van der Waals surface area contributed by atoms with Gasteiger partial charge in [-0.05, 0) is 43.0 Å². The first-order valence-electron chi connectivity index (χ1n) is 13.1. The number of carbonyl (C=O) groups is 2. The van der Waals surface area contributed by atoms with Crippen LogP contribution in [0.2, 0.25) is 0 Å². The van der Waals surface area contributed by atoms with Crippen molar-refractivity contribution >= 4 is 11.8 Å². The SMILES string of the molecule is CC(CC(C(=O)N(C)C)(c1ccccc1)c1ccccc1)N1CC[C@H](NC(=O)c2ccccc2O)[C@@H](O)C1. The van der Waals surface area contributed by atoms with Gasteiger partial charge in [-0.15, -0.1) is 0 Å². The average molecular weight is 516 g/mol. The monoisotopic (exact) mass is 515 g/mol. The summed E-state index contributed by atoms with van der Waals surface area (Å²) in [7, 11) is 3.58. The lowest BCUT2D eigenvalue weighted by molar-refractivity contribution is -0.134. The first-order chi connectivity index (χ1) is 18.2. The second-order valence-corrected chi connectivity index (χ2v) is 10.3. The third kappa shape index (κ3) is 5.59. The van der Waals surface area contributed by atoms with E-state index in [1.807, 2.05) is 60.7 Å². The van der Waals surface area contributed by atoms with Crippen LogP contribution in [0.5, 0.6) is 5.75 Å². The van der Waals surface area contributed by atoms with Gasteiger partial charge in [-0.2, -0.15) is 0 Å². The van der Waals surface area contributed by atoms with E-state index in [9.17, 15) is 19.8 Å². The molecule has 0 bridgehead atoms. The molecule has 1 unspecified atom stereocenters. The third-order valence-corrected chi connectivity index (χ3v) is 7.61. The number of β-amino-alcohol motifs (C(OH)–C–C–N with tert-alkyl or cyclic N) is 1. The molecule has 1 fully saturated rings. The number of aliphatic hydroxyl groups excluding tert-OH is 1. The molecule has 3 N–H and O–H groups in total. The number of para-hydroxylation sites is 1. The Morgan fingerprint density at radius 2 is 1.53 bits per heavy atom. The van der Waals surface area contributed by atoms with Gasteiger partial charge in [-0.3, -0.25) is 14.5 Å². The molecule has 0 aromatic heterocycles. The molecular formula is C31H37N3O4. The Balaban J connectivity index is 1.55. The van der Waals surface area contributed by atoms with E-state index < -0.39 is 23.5 Å². The number of aliphatic hydroxyl groups is 1. The molecule has 0 aliphatic carbocycles. The number of likely N-dealkylation sites (N-methyl/N-ethyl adjacent to an activating group) is 1. The van der Waals surface area contributed by atoms with Crippen LogP contribution in [0.3, 0.4) is 0 Å². The third-order valence-electron chi connectivity index (χ3n) is 7.61. The van der Waals surface area contributed by atoms with Crippen LogP contribution in [0.1, 0.15) is 41.3 Å². The molecule has 200 valence electrons. The van der Waals surface area contributed by atoms with Gasteiger partial charge in [0.05, 0.1) is 17.7 Å². The van der Waals surface area contributed by atoms with Crippen LogP contribution >= 0.6 is 0 Å². The Hall–Kier alpha value is -3.68. The zero-order chi connectivity index (χ0) is 27.3. The van der Waals surface area contributed by atoms with E-state index in [0.29, 0.717) is 25.9 Å². The van der Waals surface area contributed by atoms with Crippen LogP contribution in [-0.2, 0) is 10.2 Å². The van der Waals surface area contributed by atoms with Crippen molar-refractivity contribution in [1.29, 1.82) is 0 Å².